The Kier molecular flexibility index (Phi) is 2.97. The number of amides is 2. The lowest BCUT2D eigenvalue weighted by molar-refractivity contribution is 0.249. The van der Waals surface area contributed by atoms with E-state index in [0.717, 1.165) is 5.56 Å². The van der Waals surface area contributed by atoms with Crippen LogP contribution in [-0.2, 0) is 0 Å². The van der Waals surface area contributed by atoms with Gasteiger partial charge < -0.3 is 5.73 Å². The maximum Gasteiger partial charge on any atom is 0.332 e. The fourth-order valence-electron chi connectivity index (χ4n) is 0.797. The van der Waals surface area contributed by atoms with E-state index in [4.69, 9.17) is 5.73 Å². The van der Waals surface area contributed by atoms with Crippen LogP contribution in [0.4, 0.5) is 4.79 Å². The first-order chi connectivity index (χ1) is 6.20. The number of rotatable bonds is 2. The summed E-state index contributed by atoms with van der Waals surface area (Å²) < 4.78 is 0. The van der Waals surface area contributed by atoms with E-state index in [2.05, 4.69) is 15.5 Å². The lowest BCUT2D eigenvalue weighted by Crippen LogP contribution is -2.25. The second-order valence-corrected chi connectivity index (χ2v) is 2.41. The van der Waals surface area contributed by atoms with Gasteiger partial charge in [-0.25, -0.2) is 10.2 Å². The Hall–Kier alpha value is -1.91. The number of aromatic nitrogens is 1. The van der Waals surface area contributed by atoms with E-state index in [1.54, 1.807) is 31.5 Å². The largest absolute Gasteiger partial charge is 0.350 e. The number of pyridine rings is 1. The minimum atomic E-state index is -0.673. The Labute approximate surface area is 75.7 Å². The molecule has 5 heteroatoms. The average Bonchev–Trinajstić information content (AvgIpc) is 2.15. The lowest BCUT2D eigenvalue weighted by atomic mass is 10.2. The van der Waals surface area contributed by atoms with Crippen molar-refractivity contribution in [2.45, 2.75) is 6.92 Å². The third-order valence-electron chi connectivity index (χ3n) is 1.43. The fraction of sp³-hybridized carbons (Fsp3) is 0.125. The summed E-state index contributed by atoms with van der Waals surface area (Å²) in [5, 5.41) is 3.76. The molecular formula is C8H10N4O. The number of carbonyl (C=O) groups excluding carboxylic acids is 1. The van der Waals surface area contributed by atoms with Gasteiger partial charge in [-0.05, 0) is 19.1 Å². The molecule has 0 atom stereocenters. The quantitative estimate of drug-likeness (QED) is 0.510. The van der Waals surface area contributed by atoms with Crippen molar-refractivity contribution in [3.8, 4) is 0 Å². The minimum Gasteiger partial charge on any atom is -0.350 e. The molecule has 0 fully saturated rings. The van der Waals surface area contributed by atoms with Gasteiger partial charge in [0.25, 0.3) is 0 Å². The summed E-state index contributed by atoms with van der Waals surface area (Å²) >= 11 is 0. The van der Waals surface area contributed by atoms with Crippen LogP contribution in [0.1, 0.15) is 12.5 Å². The van der Waals surface area contributed by atoms with Gasteiger partial charge in [0.05, 0.1) is 5.71 Å². The Morgan fingerprint density at radius 3 is 2.69 bits per heavy atom. The predicted molar refractivity (Wildman–Crippen MR) is 49.2 cm³/mol. The molecule has 0 bridgehead atoms. The van der Waals surface area contributed by atoms with Gasteiger partial charge in [-0.15, -0.1) is 0 Å². The highest BCUT2D eigenvalue weighted by Gasteiger charge is 1.95. The van der Waals surface area contributed by atoms with Crippen molar-refractivity contribution in [3.05, 3.63) is 30.1 Å². The predicted octanol–water partition coefficient (Wildman–Crippen LogP) is 0.474. The van der Waals surface area contributed by atoms with E-state index in [9.17, 15) is 4.79 Å². The number of urea groups is 1. The van der Waals surface area contributed by atoms with Gasteiger partial charge in [-0.3, -0.25) is 4.98 Å². The lowest BCUT2D eigenvalue weighted by Gasteiger charge is -1.98. The maximum atomic E-state index is 10.3. The normalized spacial score (nSPS) is 11.0. The third kappa shape index (κ3) is 2.90. The average molecular weight is 178 g/mol. The van der Waals surface area contributed by atoms with Crippen LogP contribution in [0, 0.1) is 0 Å². The Bertz CT molecular complexity index is 320. The van der Waals surface area contributed by atoms with Gasteiger partial charge in [-0.1, -0.05) is 0 Å². The number of hydrogen-bond donors (Lipinski definition) is 2. The Balaban J connectivity index is 2.73. The van der Waals surface area contributed by atoms with Gasteiger partial charge >= 0.3 is 6.03 Å². The van der Waals surface area contributed by atoms with Crippen LogP contribution in [0.15, 0.2) is 29.6 Å². The number of nitrogens with two attached hydrogens (primary N) is 1. The zero-order valence-electron chi connectivity index (χ0n) is 7.19. The monoisotopic (exact) mass is 178 g/mol. The van der Waals surface area contributed by atoms with Crippen molar-refractivity contribution >= 4 is 11.7 Å². The van der Waals surface area contributed by atoms with Crippen molar-refractivity contribution in [1.29, 1.82) is 0 Å². The molecule has 0 aliphatic heterocycles. The van der Waals surface area contributed by atoms with Gasteiger partial charge in [-0.2, -0.15) is 5.10 Å². The molecule has 0 saturated carbocycles. The zero-order valence-corrected chi connectivity index (χ0v) is 7.19. The van der Waals surface area contributed by atoms with Crippen molar-refractivity contribution in [3.63, 3.8) is 0 Å². The maximum absolute atomic E-state index is 10.3. The van der Waals surface area contributed by atoms with Crippen molar-refractivity contribution < 1.29 is 4.79 Å². The molecule has 1 rings (SSSR count). The fourth-order valence-corrected chi connectivity index (χ4v) is 0.797. The molecule has 0 aliphatic carbocycles. The van der Waals surface area contributed by atoms with E-state index in [-0.39, 0.29) is 0 Å². The summed E-state index contributed by atoms with van der Waals surface area (Å²) in [7, 11) is 0. The summed E-state index contributed by atoms with van der Waals surface area (Å²) in [5.74, 6) is 0. The number of hydrogen-bond acceptors (Lipinski definition) is 3. The Morgan fingerprint density at radius 2 is 2.15 bits per heavy atom. The summed E-state index contributed by atoms with van der Waals surface area (Å²) in [6.45, 7) is 1.77. The van der Waals surface area contributed by atoms with Crippen molar-refractivity contribution in [1.82, 2.24) is 10.4 Å². The van der Waals surface area contributed by atoms with Crippen LogP contribution >= 0.6 is 0 Å². The van der Waals surface area contributed by atoms with Crippen LogP contribution in [0.3, 0.4) is 0 Å². The summed E-state index contributed by atoms with van der Waals surface area (Å²) in [4.78, 5) is 14.2. The first-order valence-corrected chi connectivity index (χ1v) is 3.70. The van der Waals surface area contributed by atoms with Gasteiger partial charge in [0.1, 0.15) is 0 Å². The molecule has 0 aromatic carbocycles. The molecule has 0 unspecified atom stereocenters. The first-order valence-electron chi connectivity index (χ1n) is 3.70. The smallest absolute Gasteiger partial charge is 0.332 e. The second kappa shape index (κ2) is 4.20. The van der Waals surface area contributed by atoms with Crippen LogP contribution in [0.25, 0.3) is 0 Å². The summed E-state index contributed by atoms with van der Waals surface area (Å²) in [5.41, 5.74) is 8.57. The van der Waals surface area contributed by atoms with Crippen molar-refractivity contribution in [2.75, 3.05) is 0 Å². The second-order valence-electron chi connectivity index (χ2n) is 2.41. The molecule has 0 radical (unpaired) electrons. The molecule has 2 amide bonds. The van der Waals surface area contributed by atoms with E-state index >= 15 is 0 Å². The topological polar surface area (TPSA) is 80.4 Å². The van der Waals surface area contributed by atoms with Gasteiger partial charge in [0.15, 0.2) is 0 Å². The number of hydrazone groups is 1. The van der Waals surface area contributed by atoms with E-state index in [1.807, 2.05) is 0 Å². The van der Waals surface area contributed by atoms with Crippen molar-refractivity contribution in [2.24, 2.45) is 10.8 Å². The summed E-state index contributed by atoms with van der Waals surface area (Å²) in [6, 6.07) is 2.91. The van der Waals surface area contributed by atoms with Crippen LogP contribution in [-0.4, -0.2) is 16.7 Å². The molecule has 0 spiro atoms. The van der Waals surface area contributed by atoms with E-state index in [1.165, 1.54) is 0 Å². The molecule has 1 heterocycles. The molecule has 5 nitrogen and oxygen atoms in total. The Morgan fingerprint density at radius 1 is 1.54 bits per heavy atom. The molecule has 1 aromatic heterocycles. The highest BCUT2D eigenvalue weighted by molar-refractivity contribution is 5.98. The minimum absolute atomic E-state index is 0.673. The molecule has 13 heavy (non-hydrogen) atoms. The number of carbonyl (C=O) groups is 1. The third-order valence-corrected chi connectivity index (χ3v) is 1.43. The first kappa shape index (κ1) is 9.18. The number of nitrogens with one attached hydrogen (secondary N) is 1. The molecule has 68 valence electrons. The van der Waals surface area contributed by atoms with Gasteiger partial charge in [0, 0.05) is 18.0 Å². The van der Waals surface area contributed by atoms with Crippen LogP contribution < -0.4 is 11.2 Å². The SMILES string of the molecule is C/C(=N/NC(N)=O)c1ccncc1. The van der Waals surface area contributed by atoms with E-state index < -0.39 is 6.03 Å². The van der Waals surface area contributed by atoms with Gasteiger partial charge in [0.2, 0.25) is 0 Å². The molecule has 3 N–H and O–H groups in total. The standard InChI is InChI=1S/C8H10N4O/c1-6(11-12-8(9)13)7-2-4-10-5-3-7/h2-5H,1H3,(H3,9,12,13)/b11-6-. The highest BCUT2D eigenvalue weighted by atomic mass is 16.2. The number of primary amides is 1. The van der Waals surface area contributed by atoms with E-state index in [0.29, 0.717) is 5.71 Å². The van der Waals surface area contributed by atoms with Crippen LogP contribution in [0.2, 0.25) is 0 Å². The molecule has 1 aromatic rings. The molecule has 0 aliphatic rings. The number of nitrogens with zero attached hydrogens (tertiary/aromatic N) is 2. The molecular weight excluding hydrogens is 168 g/mol. The summed E-state index contributed by atoms with van der Waals surface area (Å²) in [6.07, 6.45) is 3.30. The zero-order chi connectivity index (χ0) is 9.68. The highest BCUT2D eigenvalue weighted by Crippen LogP contribution is 1.97. The molecule has 0 saturated heterocycles. The van der Waals surface area contributed by atoms with Crippen LogP contribution in [0.5, 0.6) is 0 Å².